The highest BCUT2D eigenvalue weighted by Gasteiger charge is 2.17. The van der Waals surface area contributed by atoms with Crippen LogP contribution in [0.2, 0.25) is 10.2 Å². The van der Waals surface area contributed by atoms with Gasteiger partial charge < -0.3 is 5.32 Å². The molecular weight excluding hydrogens is 373 g/mol. The van der Waals surface area contributed by atoms with Gasteiger partial charge >= 0.3 is 5.65 Å². The number of carbonyl (C=O) groups excluding carboxylic acids is 1. The predicted octanol–water partition coefficient (Wildman–Crippen LogP) is 3.77. The summed E-state index contributed by atoms with van der Waals surface area (Å²) in [5, 5.41) is 6.18. The minimum absolute atomic E-state index is 0.0881. The van der Waals surface area contributed by atoms with Gasteiger partial charge in [-0.3, -0.25) is 4.79 Å². The van der Waals surface area contributed by atoms with Gasteiger partial charge in [0.05, 0.1) is 22.3 Å². The molecule has 0 atom stereocenters. The summed E-state index contributed by atoms with van der Waals surface area (Å²) in [5.41, 5.74) is 2.48. The molecular formula is C18H12Cl2N5O+. The van der Waals surface area contributed by atoms with Crippen LogP contribution in [0.25, 0.3) is 17.0 Å². The summed E-state index contributed by atoms with van der Waals surface area (Å²) in [7, 11) is 0. The average Bonchev–Trinajstić information content (AvgIpc) is 3.08. The van der Waals surface area contributed by atoms with Gasteiger partial charge in [-0.15, -0.1) is 4.52 Å². The van der Waals surface area contributed by atoms with E-state index < -0.39 is 0 Å². The van der Waals surface area contributed by atoms with Crippen LogP contribution in [0.15, 0.2) is 60.9 Å². The molecule has 0 radical (unpaired) electrons. The highest BCUT2D eigenvalue weighted by Crippen LogP contribution is 2.24. The molecule has 6 nitrogen and oxygen atoms in total. The van der Waals surface area contributed by atoms with Crippen LogP contribution in [0.1, 0.15) is 10.4 Å². The summed E-state index contributed by atoms with van der Waals surface area (Å²) in [6.07, 6.45) is 3.22. The topological polar surface area (TPSA) is 74.8 Å². The predicted molar refractivity (Wildman–Crippen MR) is 99.4 cm³/mol. The maximum atomic E-state index is 12.4. The Bertz CT molecular complexity index is 1110. The Balaban J connectivity index is 1.63. The van der Waals surface area contributed by atoms with Crippen LogP contribution in [0.5, 0.6) is 0 Å². The molecule has 0 saturated carbocycles. The molecule has 0 aliphatic carbocycles. The summed E-state index contributed by atoms with van der Waals surface area (Å²) >= 11 is 11.9. The molecule has 0 spiro atoms. The van der Waals surface area contributed by atoms with Crippen molar-refractivity contribution in [3.63, 3.8) is 0 Å². The number of nitrogens with one attached hydrogen (secondary N) is 2. The molecule has 3 heterocycles. The van der Waals surface area contributed by atoms with Crippen molar-refractivity contribution in [2.45, 2.75) is 0 Å². The van der Waals surface area contributed by atoms with E-state index in [2.05, 4.69) is 20.4 Å². The lowest BCUT2D eigenvalue weighted by Crippen LogP contribution is -2.23. The quantitative estimate of drug-likeness (QED) is 0.417. The van der Waals surface area contributed by atoms with Gasteiger partial charge in [-0.05, 0) is 23.2 Å². The smallest absolute Gasteiger partial charge is 0.321 e. The summed E-state index contributed by atoms with van der Waals surface area (Å²) in [6, 6.07) is 14.8. The first-order valence-corrected chi connectivity index (χ1v) is 8.45. The molecule has 0 aliphatic heterocycles. The van der Waals surface area contributed by atoms with Gasteiger partial charge in [-0.2, -0.15) is 5.10 Å². The molecule has 1 amide bonds. The molecule has 2 N–H and O–H groups in total. The molecule has 0 bridgehead atoms. The zero-order valence-electron chi connectivity index (χ0n) is 13.3. The number of aromatic amines is 1. The third-order valence-electron chi connectivity index (χ3n) is 3.78. The largest absolute Gasteiger partial charge is 0.351 e. The van der Waals surface area contributed by atoms with Crippen molar-refractivity contribution in [1.29, 1.82) is 0 Å². The summed E-state index contributed by atoms with van der Waals surface area (Å²) < 4.78 is 1.77. The van der Waals surface area contributed by atoms with E-state index in [9.17, 15) is 4.79 Å². The molecule has 1 aromatic carbocycles. The van der Waals surface area contributed by atoms with Crippen molar-refractivity contribution in [2.75, 3.05) is 5.32 Å². The molecule has 4 aromatic rings. The number of rotatable bonds is 3. The number of benzene rings is 1. The number of fused-ring (bicyclic) bond motifs is 1. The zero-order valence-corrected chi connectivity index (χ0v) is 14.8. The van der Waals surface area contributed by atoms with E-state index in [0.29, 0.717) is 11.3 Å². The Morgan fingerprint density at radius 3 is 2.73 bits per heavy atom. The Labute approximate surface area is 158 Å². The monoisotopic (exact) mass is 384 g/mol. The number of halogens is 2. The van der Waals surface area contributed by atoms with E-state index in [1.807, 2.05) is 30.3 Å². The third-order valence-corrected chi connectivity index (χ3v) is 4.55. The molecule has 0 aliphatic rings. The van der Waals surface area contributed by atoms with Gasteiger partial charge in [0.1, 0.15) is 11.3 Å². The Kier molecular flexibility index (Phi) is 4.28. The number of aromatic nitrogens is 4. The van der Waals surface area contributed by atoms with Crippen LogP contribution < -0.4 is 9.83 Å². The highest BCUT2D eigenvalue weighted by molar-refractivity contribution is 6.43. The lowest BCUT2D eigenvalue weighted by Gasteiger charge is -2.06. The minimum Gasteiger partial charge on any atom is -0.321 e. The van der Waals surface area contributed by atoms with Crippen LogP contribution in [-0.4, -0.2) is 21.0 Å². The second kappa shape index (κ2) is 6.74. The van der Waals surface area contributed by atoms with Gasteiger partial charge in [-0.25, -0.2) is 4.98 Å². The zero-order chi connectivity index (χ0) is 18.1. The number of nitrogens with zero attached hydrogens (tertiary/aromatic N) is 3. The molecule has 0 saturated heterocycles. The van der Waals surface area contributed by atoms with Crippen LogP contribution in [0.4, 0.5) is 5.69 Å². The average molecular weight is 385 g/mol. The first kappa shape index (κ1) is 16.5. The minimum atomic E-state index is -0.373. The molecule has 3 aromatic heterocycles. The van der Waals surface area contributed by atoms with Crippen molar-refractivity contribution >= 4 is 40.4 Å². The normalized spacial score (nSPS) is 10.8. The highest BCUT2D eigenvalue weighted by atomic mass is 35.5. The van der Waals surface area contributed by atoms with E-state index in [1.54, 1.807) is 22.8 Å². The molecule has 0 unspecified atom stereocenters. The van der Waals surface area contributed by atoms with E-state index >= 15 is 0 Å². The van der Waals surface area contributed by atoms with Crippen molar-refractivity contribution in [2.24, 2.45) is 0 Å². The summed E-state index contributed by atoms with van der Waals surface area (Å²) in [5.74, 6) is 0.362. The number of H-pyrrole nitrogens is 1. The van der Waals surface area contributed by atoms with Crippen molar-refractivity contribution < 1.29 is 9.31 Å². The van der Waals surface area contributed by atoms with Gasteiger partial charge in [0.25, 0.3) is 11.7 Å². The fraction of sp³-hybridized carbons (Fsp3) is 0. The molecule has 128 valence electrons. The number of hydrogen-bond acceptors (Lipinski definition) is 3. The summed E-state index contributed by atoms with van der Waals surface area (Å²) in [6.45, 7) is 0. The number of pyridine rings is 2. The molecule has 0 fully saturated rings. The lowest BCUT2D eigenvalue weighted by molar-refractivity contribution is -0.576. The standard InChI is InChI=1S/C18H11Cl2N5O/c19-15-13(6-8-21-16(15)20)18(26)22-12-7-9-25-14(10-12)23-17(24-25)11-4-2-1-3-5-11/h1-10H,(H,22,23,24,26)/p+1. The first-order chi connectivity index (χ1) is 12.6. The van der Waals surface area contributed by atoms with Crippen LogP contribution >= 0.6 is 23.2 Å². The maximum Gasteiger partial charge on any atom is 0.351 e. The maximum absolute atomic E-state index is 12.4. The van der Waals surface area contributed by atoms with Crippen LogP contribution in [-0.2, 0) is 0 Å². The fourth-order valence-corrected chi connectivity index (χ4v) is 2.87. The number of hydrogen-bond donors (Lipinski definition) is 2. The Hall–Kier alpha value is -2.96. The van der Waals surface area contributed by atoms with E-state index in [-0.39, 0.29) is 21.6 Å². The summed E-state index contributed by atoms with van der Waals surface area (Å²) in [4.78, 5) is 20.8. The van der Waals surface area contributed by atoms with Gasteiger partial charge in [-0.1, -0.05) is 41.4 Å². The second-order valence-corrected chi connectivity index (χ2v) is 6.24. The third kappa shape index (κ3) is 3.12. The molecule has 8 heteroatoms. The number of carbonyl (C=O) groups is 1. The first-order valence-electron chi connectivity index (χ1n) is 7.70. The Morgan fingerprint density at radius 2 is 1.92 bits per heavy atom. The van der Waals surface area contributed by atoms with Gasteiger partial charge in [0.2, 0.25) is 0 Å². The number of anilines is 1. The van der Waals surface area contributed by atoms with Crippen molar-refractivity contribution in [3.05, 3.63) is 76.7 Å². The van der Waals surface area contributed by atoms with E-state index in [1.165, 1.54) is 12.3 Å². The lowest BCUT2D eigenvalue weighted by atomic mass is 10.2. The van der Waals surface area contributed by atoms with Crippen LogP contribution in [0.3, 0.4) is 0 Å². The fourth-order valence-electron chi connectivity index (χ4n) is 2.52. The number of amides is 1. The van der Waals surface area contributed by atoms with Crippen molar-refractivity contribution in [3.8, 4) is 11.4 Å². The van der Waals surface area contributed by atoms with Gasteiger partial charge in [0, 0.05) is 17.8 Å². The second-order valence-electron chi connectivity index (χ2n) is 5.50. The SMILES string of the molecule is O=C(Nc1cc[n+]2[nH]c(-c3ccccc3)nc2c1)c1ccnc(Cl)c1Cl. The van der Waals surface area contributed by atoms with Gasteiger partial charge in [0.15, 0.2) is 0 Å². The molecule has 26 heavy (non-hydrogen) atoms. The molecule has 4 rings (SSSR count). The van der Waals surface area contributed by atoms with E-state index in [4.69, 9.17) is 23.2 Å². The Morgan fingerprint density at radius 1 is 1.12 bits per heavy atom. The van der Waals surface area contributed by atoms with Crippen molar-refractivity contribution in [1.82, 2.24) is 15.1 Å². The van der Waals surface area contributed by atoms with E-state index in [0.717, 1.165) is 11.4 Å². The van der Waals surface area contributed by atoms with Crippen LogP contribution in [0, 0.1) is 0 Å².